The topological polar surface area (TPSA) is 55.4 Å². The molecule has 1 N–H and O–H groups in total. The van der Waals surface area contributed by atoms with Crippen LogP contribution in [-0.4, -0.2) is 40.6 Å². The van der Waals surface area contributed by atoms with Crippen molar-refractivity contribution in [3.05, 3.63) is 29.3 Å². The largest absolute Gasteiger partial charge is 0.496 e. The molecule has 0 spiro atoms. The fraction of sp³-hybridized carbons (Fsp3) is 0.538. The predicted octanol–water partition coefficient (Wildman–Crippen LogP) is 1.18. The first-order valence-electron chi connectivity index (χ1n) is 5.84. The number of hydrogen-bond donors (Lipinski definition) is 1. The van der Waals surface area contributed by atoms with Gasteiger partial charge in [0.25, 0.3) is 0 Å². The first kappa shape index (κ1) is 15.0. The summed E-state index contributed by atoms with van der Waals surface area (Å²) in [5.41, 5.74) is 2.17. The molecule has 0 aliphatic carbocycles. The summed E-state index contributed by atoms with van der Waals surface area (Å²) >= 11 is 0. The Morgan fingerprint density at radius 3 is 2.56 bits per heavy atom. The summed E-state index contributed by atoms with van der Waals surface area (Å²) < 4.78 is 28.0. The van der Waals surface area contributed by atoms with Crippen LogP contribution in [0.4, 0.5) is 0 Å². The van der Waals surface area contributed by atoms with E-state index in [1.54, 1.807) is 14.2 Å². The number of methoxy groups -OCH3 is 1. The molecule has 0 radical (unpaired) electrons. The Balaban J connectivity index is 2.90. The van der Waals surface area contributed by atoms with Crippen LogP contribution in [0.25, 0.3) is 0 Å². The van der Waals surface area contributed by atoms with E-state index in [4.69, 9.17) is 4.74 Å². The Hall–Kier alpha value is -1.07. The van der Waals surface area contributed by atoms with Gasteiger partial charge in [-0.05, 0) is 32.0 Å². The number of ether oxygens (including phenoxy) is 1. The SMILES string of the molecule is CNC(Cc1cc(C)ccc1OC)CS(C)(=O)=O. The van der Waals surface area contributed by atoms with Crippen molar-refractivity contribution in [2.45, 2.75) is 19.4 Å². The second-order valence-electron chi connectivity index (χ2n) is 4.60. The highest BCUT2D eigenvalue weighted by molar-refractivity contribution is 7.90. The molecule has 0 heterocycles. The van der Waals surface area contributed by atoms with Crippen molar-refractivity contribution in [3.8, 4) is 5.75 Å². The van der Waals surface area contributed by atoms with Gasteiger partial charge in [0, 0.05) is 12.3 Å². The van der Waals surface area contributed by atoms with E-state index >= 15 is 0 Å². The minimum atomic E-state index is -2.99. The zero-order valence-electron chi connectivity index (χ0n) is 11.4. The van der Waals surface area contributed by atoms with Crippen LogP contribution in [0.5, 0.6) is 5.75 Å². The maximum Gasteiger partial charge on any atom is 0.148 e. The van der Waals surface area contributed by atoms with Crippen molar-refractivity contribution in [1.82, 2.24) is 5.32 Å². The molecule has 1 unspecified atom stereocenters. The van der Waals surface area contributed by atoms with E-state index in [-0.39, 0.29) is 11.8 Å². The molecule has 102 valence electrons. The number of likely N-dealkylation sites (N-methyl/N-ethyl adjacent to an activating group) is 1. The molecule has 0 bridgehead atoms. The van der Waals surface area contributed by atoms with E-state index in [0.717, 1.165) is 16.9 Å². The van der Waals surface area contributed by atoms with Gasteiger partial charge in [-0.3, -0.25) is 0 Å². The van der Waals surface area contributed by atoms with Crippen LogP contribution in [-0.2, 0) is 16.3 Å². The molecule has 0 saturated heterocycles. The van der Waals surface area contributed by atoms with Gasteiger partial charge in [-0.15, -0.1) is 0 Å². The van der Waals surface area contributed by atoms with Crippen LogP contribution < -0.4 is 10.1 Å². The van der Waals surface area contributed by atoms with E-state index < -0.39 is 9.84 Å². The van der Waals surface area contributed by atoms with Gasteiger partial charge in [-0.2, -0.15) is 0 Å². The summed E-state index contributed by atoms with van der Waals surface area (Å²) in [7, 11) is 0.411. The number of benzene rings is 1. The molecule has 1 rings (SSSR count). The summed E-state index contributed by atoms with van der Waals surface area (Å²) in [6.07, 6.45) is 1.89. The molecular formula is C13H21NO3S. The summed E-state index contributed by atoms with van der Waals surface area (Å²) in [5.74, 6) is 0.926. The first-order chi connectivity index (χ1) is 8.35. The van der Waals surface area contributed by atoms with E-state index in [2.05, 4.69) is 5.32 Å². The third-order valence-electron chi connectivity index (χ3n) is 2.81. The second kappa shape index (κ2) is 6.20. The Labute approximate surface area is 109 Å². The molecule has 0 aliphatic rings. The molecule has 0 fully saturated rings. The van der Waals surface area contributed by atoms with Gasteiger partial charge >= 0.3 is 0 Å². The van der Waals surface area contributed by atoms with E-state index in [1.165, 1.54) is 6.26 Å². The second-order valence-corrected chi connectivity index (χ2v) is 6.78. The molecule has 0 aliphatic heterocycles. The Kier molecular flexibility index (Phi) is 5.16. The summed E-state index contributed by atoms with van der Waals surface area (Å²) in [4.78, 5) is 0. The van der Waals surface area contributed by atoms with E-state index in [9.17, 15) is 8.42 Å². The fourth-order valence-electron chi connectivity index (χ4n) is 1.94. The van der Waals surface area contributed by atoms with Crippen LogP contribution >= 0.6 is 0 Å². The molecule has 1 atom stereocenters. The van der Waals surface area contributed by atoms with Crippen molar-refractivity contribution in [3.63, 3.8) is 0 Å². The van der Waals surface area contributed by atoms with Crippen molar-refractivity contribution in [2.24, 2.45) is 0 Å². The lowest BCUT2D eigenvalue weighted by Gasteiger charge is -2.17. The maximum absolute atomic E-state index is 11.3. The van der Waals surface area contributed by atoms with Crippen LogP contribution in [0.15, 0.2) is 18.2 Å². The smallest absolute Gasteiger partial charge is 0.148 e. The van der Waals surface area contributed by atoms with Crippen LogP contribution in [0.3, 0.4) is 0 Å². The number of rotatable bonds is 6. The number of hydrogen-bond acceptors (Lipinski definition) is 4. The third-order valence-corrected chi connectivity index (χ3v) is 3.82. The Morgan fingerprint density at radius 1 is 1.39 bits per heavy atom. The van der Waals surface area contributed by atoms with Gasteiger partial charge in [-0.25, -0.2) is 8.42 Å². The highest BCUT2D eigenvalue weighted by Crippen LogP contribution is 2.21. The van der Waals surface area contributed by atoms with Crippen molar-refractivity contribution >= 4 is 9.84 Å². The van der Waals surface area contributed by atoms with Crippen LogP contribution in [0.2, 0.25) is 0 Å². The zero-order chi connectivity index (χ0) is 13.8. The highest BCUT2D eigenvalue weighted by Gasteiger charge is 2.16. The Morgan fingerprint density at radius 2 is 2.06 bits per heavy atom. The van der Waals surface area contributed by atoms with Crippen LogP contribution in [0.1, 0.15) is 11.1 Å². The normalized spacial score (nSPS) is 13.3. The maximum atomic E-state index is 11.3. The minimum absolute atomic E-state index is 0.101. The average molecular weight is 271 g/mol. The lowest BCUT2D eigenvalue weighted by molar-refractivity contribution is 0.407. The van der Waals surface area contributed by atoms with Gasteiger partial charge in [0.05, 0.1) is 12.9 Å². The molecule has 1 aromatic rings. The average Bonchev–Trinajstić information content (AvgIpc) is 2.26. The van der Waals surface area contributed by atoms with Crippen molar-refractivity contribution in [2.75, 3.05) is 26.2 Å². The van der Waals surface area contributed by atoms with Gasteiger partial charge in [0.1, 0.15) is 15.6 Å². The first-order valence-corrected chi connectivity index (χ1v) is 7.90. The van der Waals surface area contributed by atoms with Gasteiger partial charge in [0.15, 0.2) is 0 Å². The molecule has 0 amide bonds. The number of sulfone groups is 1. The monoisotopic (exact) mass is 271 g/mol. The van der Waals surface area contributed by atoms with E-state index in [1.807, 2.05) is 25.1 Å². The van der Waals surface area contributed by atoms with Crippen molar-refractivity contribution < 1.29 is 13.2 Å². The molecule has 1 aromatic carbocycles. The summed E-state index contributed by atoms with van der Waals surface area (Å²) in [5, 5.41) is 3.04. The fourth-order valence-corrected chi connectivity index (χ4v) is 2.96. The zero-order valence-corrected chi connectivity index (χ0v) is 12.2. The molecule has 0 aromatic heterocycles. The summed E-state index contributed by atoms with van der Waals surface area (Å²) in [6.45, 7) is 2.01. The number of aryl methyl sites for hydroxylation is 1. The van der Waals surface area contributed by atoms with Gasteiger partial charge < -0.3 is 10.1 Å². The lowest BCUT2D eigenvalue weighted by Crippen LogP contribution is -2.34. The highest BCUT2D eigenvalue weighted by atomic mass is 32.2. The molecule has 5 heteroatoms. The summed E-state index contributed by atoms with van der Waals surface area (Å²) in [6, 6.07) is 5.83. The lowest BCUT2D eigenvalue weighted by atomic mass is 10.0. The minimum Gasteiger partial charge on any atom is -0.496 e. The predicted molar refractivity (Wildman–Crippen MR) is 74.0 cm³/mol. The molecule has 4 nitrogen and oxygen atoms in total. The molecule has 0 saturated carbocycles. The van der Waals surface area contributed by atoms with Crippen LogP contribution in [0, 0.1) is 6.92 Å². The molecular weight excluding hydrogens is 250 g/mol. The standard InChI is InChI=1S/C13H21NO3S/c1-10-5-6-13(17-3)11(7-10)8-12(14-2)9-18(4,15)16/h5-7,12,14H,8-9H2,1-4H3. The van der Waals surface area contributed by atoms with Gasteiger partial charge in [0.2, 0.25) is 0 Å². The Bertz CT molecular complexity index is 497. The number of nitrogens with one attached hydrogen (secondary N) is 1. The quantitative estimate of drug-likeness (QED) is 0.844. The third kappa shape index (κ3) is 4.66. The van der Waals surface area contributed by atoms with Crippen molar-refractivity contribution in [1.29, 1.82) is 0 Å². The molecule has 18 heavy (non-hydrogen) atoms. The van der Waals surface area contributed by atoms with Gasteiger partial charge in [-0.1, -0.05) is 17.7 Å². The van der Waals surface area contributed by atoms with E-state index in [0.29, 0.717) is 6.42 Å².